The summed E-state index contributed by atoms with van der Waals surface area (Å²) in [7, 11) is 0. The molecule has 0 aromatic heterocycles. The van der Waals surface area contributed by atoms with Gasteiger partial charge in [0.2, 0.25) is 11.8 Å². The first-order valence-corrected chi connectivity index (χ1v) is 23.1. The van der Waals surface area contributed by atoms with E-state index in [4.69, 9.17) is 52.1 Å². The highest BCUT2D eigenvalue weighted by atomic mass is 16.8. The summed E-state index contributed by atoms with van der Waals surface area (Å²) >= 11 is 0. The molecule has 0 unspecified atom stereocenters. The van der Waals surface area contributed by atoms with Gasteiger partial charge in [-0.3, -0.25) is 9.59 Å². The lowest BCUT2D eigenvalue weighted by Crippen LogP contribution is -2.70. The monoisotopic (exact) mass is 1070 g/mol. The Bertz CT molecular complexity index is 1750. The van der Waals surface area contributed by atoms with E-state index >= 15 is 0 Å². The second kappa shape index (κ2) is 26.0. The van der Waals surface area contributed by atoms with Crippen molar-refractivity contribution in [3.05, 3.63) is 0 Å². The van der Waals surface area contributed by atoms with E-state index in [0.717, 1.165) is 13.8 Å². The zero-order valence-corrected chi connectivity index (χ0v) is 38.9. The number of amides is 2. The van der Waals surface area contributed by atoms with Crippen LogP contribution in [0.3, 0.4) is 0 Å². The lowest BCUT2D eigenvalue weighted by atomic mass is 9.94. The topological polar surface area (TPSA) is 524 Å². The summed E-state index contributed by atoms with van der Waals surface area (Å²) in [6.07, 6.45) is -54.2. The van der Waals surface area contributed by atoms with Gasteiger partial charge in [-0.25, -0.2) is 0 Å². The van der Waals surface area contributed by atoms with Crippen LogP contribution in [0.2, 0.25) is 0 Å². The summed E-state index contributed by atoms with van der Waals surface area (Å²) in [6, 6.07) is -3.31. The van der Waals surface area contributed by atoms with Crippen LogP contribution >= 0.6 is 0 Å². The van der Waals surface area contributed by atoms with Gasteiger partial charge >= 0.3 is 0 Å². The first-order chi connectivity index (χ1) is 34.5. The minimum absolute atomic E-state index is 0.720. The van der Waals surface area contributed by atoms with Crippen molar-refractivity contribution in [2.75, 3.05) is 39.6 Å². The van der Waals surface area contributed by atoms with Crippen molar-refractivity contribution in [2.45, 2.75) is 198 Å². The van der Waals surface area contributed by atoms with E-state index in [9.17, 15) is 102 Å². The second-order valence-electron chi connectivity index (χ2n) is 18.3. The predicted molar refractivity (Wildman–Crippen MR) is 222 cm³/mol. The van der Waals surface area contributed by atoms with Crippen LogP contribution in [-0.4, -0.2) is 327 Å². The molecule has 33 heteroatoms. The number of carbonyl (C=O) groups is 2. The zero-order chi connectivity index (χ0) is 53.9. The van der Waals surface area contributed by atoms with Crippen molar-refractivity contribution in [1.82, 2.24) is 10.6 Å². The summed E-state index contributed by atoms with van der Waals surface area (Å²) in [5.74, 6) is -1.56. The number of aliphatic hydroxyl groups is 18. The quantitative estimate of drug-likeness (QED) is 0.0606. The Morgan fingerprint density at radius 1 is 0.356 bits per heavy atom. The standard InChI is InChI=1S/C40H68N2O31/c1-9(48)41-17-23(54)31(14(6-46)64-35(17)62)70-36-18(42-10(2)49)24(55)32(15(7-47)68-36)71-39-30(61)33(22(53)16(69-39)8-63-37-28(59)25(56)19(50)11(3-43)65-37)72-40-34(27(58)21(52)13(5-45)67-40)73-38-29(60)26(57)20(51)12(4-44)66-38/h11-40,43-47,50-62H,3-8H2,1-2H3,(H,41,48)(H,42,49)/t11-,12-,13-,14-,15-,16-,17-,18-,19-,20-,21-,22-,23-,24-,25+,26+,27+,28+,29+,30+,31-,32-,33+,34+,35+,36-,37-,38-,39+,40-/m1/s1. The molecule has 0 aliphatic carbocycles. The highest BCUT2D eigenvalue weighted by Crippen LogP contribution is 2.37. The van der Waals surface area contributed by atoms with E-state index in [1.165, 1.54) is 0 Å². The van der Waals surface area contributed by atoms with Crippen LogP contribution in [0.5, 0.6) is 0 Å². The van der Waals surface area contributed by atoms with Crippen LogP contribution in [0.1, 0.15) is 13.8 Å². The number of hydrogen-bond donors (Lipinski definition) is 20. The molecule has 0 aromatic carbocycles. The van der Waals surface area contributed by atoms with Gasteiger partial charge in [0.05, 0.1) is 39.6 Å². The molecule has 0 saturated carbocycles. The van der Waals surface area contributed by atoms with E-state index in [1.54, 1.807) is 0 Å². The number of rotatable bonds is 18. The number of nitrogens with one attached hydrogen (secondary N) is 2. The van der Waals surface area contributed by atoms with E-state index in [-0.39, 0.29) is 0 Å². The maximum absolute atomic E-state index is 12.6. The Kier molecular flexibility index (Phi) is 21.3. The smallest absolute Gasteiger partial charge is 0.217 e. The Morgan fingerprint density at radius 2 is 0.740 bits per heavy atom. The van der Waals surface area contributed by atoms with Crippen LogP contribution in [0.4, 0.5) is 0 Å². The molecule has 6 aliphatic rings. The number of aliphatic hydroxyl groups excluding tert-OH is 18. The summed E-state index contributed by atoms with van der Waals surface area (Å²) < 4.78 is 62.9. The Morgan fingerprint density at radius 3 is 1.27 bits per heavy atom. The molecule has 6 rings (SSSR count). The van der Waals surface area contributed by atoms with Crippen molar-refractivity contribution in [3.8, 4) is 0 Å². The highest BCUT2D eigenvalue weighted by molar-refractivity contribution is 5.73. The average molecular weight is 1070 g/mol. The number of ether oxygens (including phenoxy) is 11. The van der Waals surface area contributed by atoms with Crippen LogP contribution < -0.4 is 10.6 Å². The van der Waals surface area contributed by atoms with E-state index in [1.807, 2.05) is 0 Å². The lowest BCUT2D eigenvalue weighted by Gasteiger charge is -2.50. The van der Waals surface area contributed by atoms with Gasteiger partial charge in [-0.1, -0.05) is 0 Å². The van der Waals surface area contributed by atoms with Crippen molar-refractivity contribution >= 4 is 11.8 Å². The highest BCUT2D eigenvalue weighted by Gasteiger charge is 2.58. The van der Waals surface area contributed by atoms with Crippen LogP contribution in [-0.2, 0) is 61.7 Å². The minimum Gasteiger partial charge on any atom is -0.394 e. The van der Waals surface area contributed by atoms with E-state index in [2.05, 4.69) is 10.6 Å². The summed E-state index contributed by atoms with van der Waals surface area (Å²) in [5, 5.41) is 197. The fourth-order valence-corrected chi connectivity index (χ4v) is 9.20. The van der Waals surface area contributed by atoms with Crippen LogP contribution in [0, 0.1) is 0 Å². The molecular weight excluding hydrogens is 1000 g/mol. The zero-order valence-electron chi connectivity index (χ0n) is 38.9. The molecule has 33 nitrogen and oxygen atoms in total. The predicted octanol–water partition coefficient (Wildman–Crippen LogP) is -13.8. The molecule has 6 fully saturated rings. The molecule has 20 N–H and O–H groups in total. The van der Waals surface area contributed by atoms with Gasteiger partial charge in [-0.05, 0) is 0 Å². The summed E-state index contributed by atoms with van der Waals surface area (Å²) in [6.45, 7) is -3.66. The third kappa shape index (κ3) is 13.0. The molecule has 0 radical (unpaired) electrons. The molecule has 0 aromatic rings. The van der Waals surface area contributed by atoms with E-state index in [0.29, 0.717) is 0 Å². The summed E-state index contributed by atoms with van der Waals surface area (Å²) in [5.41, 5.74) is 0. The number of carbonyl (C=O) groups excluding carboxylic acids is 2. The molecular formula is C40H68N2O31. The van der Waals surface area contributed by atoms with Gasteiger partial charge in [0.15, 0.2) is 37.7 Å². The van der Waals surface area contributed by atoms with Crippen molar-refractivity contribution < 1.29 is 154 Å². The molecule has 30 atom stereocenters. The molecule has 0 spiro atoms. The fraction of sp³-hybridized carbons (Fsp3) is 0.950. The van der Waals surface area contributed by atoms with Crippen LogP contribution in [0.25, 0.3) is 0 Å². The first-order valence-electron chi connectivity index (χ1n) is 23.1. The van der Waals surface area contributed by atoms with Gasteiger partial charge in [0, 0.05) is 13.8 Å². The maximum Gasteiger partial charge on any atom is 0.217 e. The number of hydrogen-bond acceptors (Lipinski definition) is 31. The third-order valence-corrected chi connectivity index (χ3v) is 13.2. The Hall–Kier alpha value is -2.22. The Labute approximate surface area is 413 Å². The van der Waals surface area contributed by atoms with Crippen molar-refractivity contribution in [1.29, 1.82) is 0 Å². The molecule has 73 heavy (non-hydrogen) atoms. The largest absolute Gasteiger partial charge is 0.394 e. The first kappa shape index (κ1) is 60.0. The normalized spacial score (nSPS) is 49.8. The molecule has 2 amide bonds. The van der Waals surface area contributed by atoms with Gasteiger partial charge < -0.3 is 155 Å². The van der Waals surface area contributed by atoms with Gasteiger partial charge in [-0.2, -0.15) is 0 Å². The van der Waals surface area contributed by atoms with Gasteiger partial charge in [0.25, 0.3) is 0 Å². The third-order valence-electron chi connectivity index (χ3n) is 13.2. The summed E-state index contributed by atoms with van der Waals surface area (Å²) in [4.78, 5) is 24.5. The molecule has 6 aliphatic heterocycles. The lowest BCUT2D eigenvalue weighted by molar-refractivity contribution is -0.398. The second-order valence-corrected chi connectivity index (χ2v) is 18.3. The molecule has 0 bridgehead atoms. The van der Waals surface area contributed by atoms with Crippen molar-refractivity contribution in [3.63, 3.8) is 0 Å². The average Bonchev–Trinajstić information content (AvgIpc) is 3.35. The minimum atomic E-state index is -2.33. The van der Waals surface area contributed by atoms with Crippen LogP contribution in [0.15, 0.2) is 0 Å². The molecule has 424 valence electrons. The van der Waals surface area contributed by atoms with Gasteiger partial charge in [-0.15, -0.1) is 0 Å². The van der Waals surface area contributed by atoms with Crippen molar-refractivity contribution in [2.24, 2.45) is 0 Å². The molecule has 6 saturated heterocycles. The van der Waals surface area contributed by atoms with E-state index < -0.39 is 236 Å². The fourth-order valence-electron chi connectivity index (χ4n) is 9.20. The maximum atomic E-state index is 12.6. The molecule has 6 heterocycles. The Balaban J connectivity index is 1.31. The SMILES string of the molecule is CC(=O)N[C@@H]1[C@@H](O)[C@H](O[C@H]2O[C@H](CO)[C@@H](O[C@@H]3O[C@H](CO[C@@H]4O[C@H](CO)[C@@H](O)[C@H](O)[C@@H]4O)[C@@H](O)[C@H](O[C@H]4O[C@H](CO)[C@@H](O)[C@H](O)[C@@H]4O[C@H]4O[C@H](CO)[C@@H](O)[C@H](O)[C@@H]4O)[C@@H]3O)[C@H](O)[C@H]2NC(C)=O)[C@@H](CO)O[C@@H]1O. The van der Waals surface area contributed by atoms with Gasteiger partial charge in [0.1, 0.15) is 146 Å².